The summed E-state index contributed by atoms with van der Waals surface area (Å²) in [5, 5.41) is 6.37. The lowest BCUT2D eigenvalue weighted by atomic mass is 10.1. The SMILES string of the molecule is COCCOCCOCCN(CC(C)(C)SSCCCC(=O)NCCN1C(=O)C=CC1=O)c1cc(COc2cc3c(cc2OC)C(=O)N2c4ccccc4C[C@H]2C=N3)cc(COc2cc3c(cc2OC)C(=O)N2c4ccccc4CC2CN3)c1. The van der Waals surface area contributed by atoms with Crippen molar-refractivity contribution in [2.24, 2.45) is 4.99 Å². The van der Waals surface area contributed by atoms with E-state index in [0.29, 0.717) is 117 Å². The highest BCUT2D eigenvalue weighted by Gasteiger charge is 2.39. The van der Waals surface area contributed by atoms with Gasteiger partial charge in [-0.3, -0.25) is 38.8 Å². The molecular formula is C63H71N7O12S2. The van der Waals surface area contributed by atoms with Gasteiger partial charge in [-0.1, -0.05) is 58.0 Å². The van der Waals surface area contributed by atoms with Gasteiger partial charge in [0.2, 0.25) is 5.91 Å². The van der Waals surface area contributed by atoms with Crippen LogP contribution < -0.4 is 44.3 Å². The fourth-order valence-corrected chi connectivity index (χ4v) is 13.6. The Morgan fingerprint density at radius 1 is 0.738 bits per heavy atom. The number of fused-ring (bicyclic) bond motifs is 8. The van der Waals surface area contributed by atoms with Gasteiger partial charge < -0.3 is 53.6 Å². The number of carbonyl (C=O) groups is 5. The van der Waals surface area contributed by atoms with Crippen molar-refractivity contribution in [2.75, 3.05) is 113 Å². The fraction of sp³-hybridized carbons (Fsp3) is 0.397. The van der Waals surface area contributed by atoms with Crippen molar-refractivity contribution in [3.63, 3.8) is 0 Å². The van der Waals surface area contributed by atoms with Gasteiger partial charge in [-0.05, 0) is 91.4 Å². The van der Waals surface area contributed by atoms with Crippen LogP contribution in [0.3, 0.4) is 0 Å². The Balaban J connectivity index is 0.889. The number of nitrogens with zero attached hydrogens (tertiary/aromatic N) is 5. The second-order valence-electron chi connectivity index (χ2n) is 21.5. The van der Waals surface area contributed by atoms with Crippen LogP contribution in [0, 0.1) is 0 Å². The average molecular weight is 1180 g/mol. The number of ether oxygens (including phenoxy) is 7. The minimum absolute atomic E-state index is 0.0420. The standard InChI is InChI=1S/C63H71N7O12S2/c1-63(2,84-83-26-10-15-58(71)64-18-19-68-59(72)16-17-60(68)73)40-67(20-21-79-24-25-80-23-22-76-3)45-28-41(38-81-56-34-50-48(32-54(56)77-4)61(74)69-46(36-65-50)30-43-11-6-8-13-52(43)69)27-42(29-45)39-82-57-35-51-49(33-55(57)78-5)62(75)70-47(37-66-51)31-44-12-7-9-14-53(44)70/h6-9,11-14,16-17,27-29,32-36,46-47,66H,10,15,18-26,30-31,37-40H2,1-5H3,(H,64,71)/t46-,47?/m0/s1. The quantitative estimate of drug-likeness (QED) is 0.0262. The van der Waals surface area contributed by atoms with E-state index in [-0.39, 0.29) is 72.7 Å². The highest BCUT2D eigenvalue weighted by molar-refractivity contribution is 8.77. The van der Waals surface area contributed by atoms with Crippen LogP contribution >= 0.6 is 21.6 Å². The van der Waals surface area contributed by atoms with E-state index < -0.39 is 0 Å². The van der Waals surface area contributed by atoms with Gasteiger partial charge in [0.25, 0.3) is 23.6 Å². The number of hydrogen-bond donors (Lipinski definition) is 2. The van der Waals surface area contributed by atoms with E-state index in [9.17, 15) is 24.0 Å². The molecule has 5 aliphatic heterocycles. The maximum atomic E-state index is 14.3. The predicted molar refractivity (Wildman–Crippen MR) is 327 cm³/mol. The second-order valence-corrected chi connectivity index (χ2v) is 24.6. The molecule has 84 heavy (non-hydrogen) atoms. The Labute approximate surface area is 497 Å². The summed E-state index contributed by atoms with van der Waals surface area (Å²) >= 11 is 0. The summed E-state index contributed by atoms with van der Waals surface area (Å²) in [6.07, 6.45) is 6.67. The lowest BCUT2D eigenvalue weighted by Gasteiger charge is -2.34. The normalized spacial score (nSPS) is 16.5. The van der Waals surface area contributed by atoms with Crippen molar-refractivity contribution >= 4 is 85.8 Å². The predicted octanol–water partition coefficient (Wildman–Crippen LogP) is 8.61. The van der Waals surface area contributed by atoms with Gasteiger partial charge in [-0.25, -0.2) is 0 Å². The summed E-state index contributed by atoms with van der Waals surface area (Å²) in [5.41, 5.74) is 8.65. The lowest BCUT2D eigenvalue weighted by Crippen LogP contribution is -2.39. The first-order chi connectivity index (χ1) is 40.8. The van der Waals surface area contributed by atoms with Crippen LogP contribution in [0.2, 0.25) is 0 Å². The summed E-state index contributed by atoms with van der Waals surface area (Å²) in [5.74, 6) is 1.27. The second kappa shape index (κ2) is 27.4. The van der Waals surface area contributed by atoms with Crippen molar-refractivity contribution < 1.29 is 57.1 Å². The van der Waals surface area contributed by atoms with E-state index in [0.717, 1.165) is 56.4 Å². The number of hydrogen-bond acceptors (Lipinski definition) is 17. The van der Waals surface area contributed by atoms with Gasteiger partial charge >= 0.3 is 0 Å². The topological polar surface area (TPSA) is 199 Å². The zero-order chi connectivity index (χ0) is 58.7. The monoisotopic (exact) mass is 1180 g/mol. The highest BCUT2D eigenvalue weighted by atomic mass is 33.1. The molecule has 5 heterocycles. The number of rotatable bonds is 29. The first-order valence-corrected chi connectivity index (χ1v) is 30.6. The molecule has 0 spiro atoms. The molecule has 0 aliphatic carbocycles. The van der Waals surface area contributed by atoms with Gasteiger partial charge in [0.05, 0.1) is 81.8 Å². The van der Waals surface area contributed by atoms with Gasteiger partial charge in [0.1, 0.15) is 13.2 Å². The summed E-state index contributed by atoms with van der Waals surface area (Å²) in [4.78, 5) is 77.0. The van der Waals surface area contributed by atoms with E-state index in [2.05, 4.69) is 47.6 Å². The number of amides is 5. The van der Waals surface area contributed by atoms with Crippen LogP contribution in [0.1, 0.15) is 69.7 Å². The zero-order valence-corrected chi connectivity index (χ0v) is 49.7. The van der Waals surface area contributed by atoms with Gasteiger partial charge in [-0.15, -0.1) is 0 Å². The van der Waals surface area contributed by atoms with E-state index in [1.54, 1.807) is 66.0 Å². The zero-order valence-electron chi connectivity index (χ0n) is 48.0. The third kappa shape index (κ3) is 14.0. The molecule has 0 saturated carbocycles. The van der Waals surface area contributed by atoms with Crippen molar-refractivity contribution in [1.29, 1.82) is 0 Å². The van der Waals surface area contributed by atoms with Gasteiger partial charge in [0, 0.05) is 111 Å². The minimum Gasteiger partial charge on any atom is -0.493 e. The first-order valence-electron chi connectivity index (χ1n) is 28.2. The van der Waals surface area contributed by atoms with Gasteiger partial charge in [-0.2, -0.15) is 0 Å². The van der Waals surface area contributed by atoms with Crippen LogP contribution in [0.4, 0.5) is 28.4 Å². The molecule has 2 N–H and O–H groups in total. The Morgan fingerprint density at radius 2 is 1.37 bits per heavy atom. The molecule has 21 heteroatoms. The van der Waals surface area contributed by atoms with Crippen LogP contribution in [-0.4, -0.2) is 150 Å². The molecule has 0 fully saturated rings. The molecule has 0 radical (unpaired) electrons. The molecular weight excluding hydrogens is 1110 g/mol. The third-order valence-electron chi connectivity index (χ3n) is 15.0. The van der Waals surface area contributed by atoms with Crippen molar-refractivity contribution in [3.8, 4) is 23.0 Å². The molecule has 5 aromatic carbocycles. The molecule has 442 valence electrons. The number of nitrogens with one attached hydrogen (secondary N) is 2. The number of methoxy groups -OCH3 is 3. The van der Waals surface area contributed by atoms with Crippen LogP contribution in [0.5, 0.6) is 23.0 Å². The van der Waals surface area contributed by atoms with Crippen molar-refractivity contribution in [1.82, 2.24) is 10.2 Å². The Bertz CT molecular complexity index is 3300. The molecule has 2 atom stereocenters. The molecule has 5 amide bonds. The third-order valence-corrected chi connectivity index (χ3v) is 18.4. The van der Waals surface area contributed by atoms with Crippen molar-refractivity contribution in [2.45, 2.75) is 69.6 Å². The molecule has 0 bridgehead atoms. The van der Waals surface area contributed by atoms with E-state index >= 15 is 0 Å². The molecule has 0 aromatic heterocycles. The van der Waals surface area contributed by atoms with E-state index in [1.165, 1.54) is 12.2 Å². The number of para-hydroxylation sites is 2. The smallest absolute Gasteiger partial charge is 0.261 e. The van der Waals surface area contributed by atoms with Crippen LogP contribution in [0.25, 0.3) is 0 Å². The van der Waals surface area contributed by atoms with Crippen LogP contribution in [0.15, 0.2) is 108 Å². The molecule has 5 aromatic rings. The fourth-order valence-electron chi connectivity index (χ4n) is 11.0. The van der Waals surface area contributed by atoms with E-state index in [1.807, 2.05) is 65.7 Å². The van der Waals surface area contributed by atoms with Gasteiger partial charge in [0.15, 0.2) is 23.0 Å². The Hall–Kier alpha value is -7.56. The molecule has 10 rings (SSSR count). The minimum atomic E-state index is -0.374. The largest absolute Gasteiger partial charge is 0.493 e. The summed E-state index contributed by atoms with van der Waals surface area (Å²) in [6.45, 7) is 8.81. The van der Waals surface area contributed by atoms with Crippen LogP contribution in [-0.2, 0) is 54.6 Å². The van der Waals surface area contributed by atoms with Crippen molar-refractivity contribution in [3.05, 3.63) is 137 Å². The molecule has 19 nitrogen and oxygen atoms in total. The summed E-state index contributed by atoms with van der Waals surface area (Å²) in [7, 11) is 8.19. The molecule has 0 saturated heterocycles. The molecule has 5 aliphatic rings. The number of imide groups is 1. The van der Waals surface area contributed by atoms with E-state index in [4.69, 9.17) is 38.2 Å². The number of aliphatic imine (C=N–C) groups is 1. The lowest BCUT2D eigenvalue weighted by molar-refractivity contribution is -0.137. The summed E-state index contributed by atoms with van der Waals surface area (Å²) < 4.78 is 41.9. The average Bonchev–Trinajstić information content (AvgIpc) is 2.08. The first kappa shape index (κ1) is 59.6. The summed E-state index contributed by atoms with van der Waals surface area (Å²) in [6, 6.07) is 29.0. The highest BCUT2D eigenvalue weighted by Crippen LogP contribution is 2.44. The number of anilines is 4. The maximum absolute atomic E-state index is 14.3. The number of carbonyl (C=O) groups excluding carboxylic acids is 5. The Kier molecular flexibility index (Phi) is 19.5. The Morgan fingerprint density at radius 3 is 2.07 bits per heavy atom. The molecule has 1 unspecified atom stereocenters. The number of benzene rings is 5. The maximum Gasteiger partial charge on any atom is 0.261 e.